The SMILES string of the molecule is CCOCCCNC(=O)C(C)Sc1nnnn1-c1ccc(C)c(C)c1. The maximum absolute atomic E-state index is 12.2. The van der Waals surface area contributed by atoms with Gasteiger partial charge >= 0.3 is 0 Å². The van der Waals surface area contributed by atoms with Crippen LogP contribution >= 0.6 is 11.8 Å². The number of nitrogens with one attached hydrogen (secondary N) is 1. The van der Waals surface area contributed by atoms with Crippen LogP contribution in [0.25, 0.3) is 5.69 Å². The Morgan fingerprint density at radius 3 is 2.88 bits per heavy atom. The second-order valence-corrected chi connectivity index (χ2v) is 7.05. The van der Waals surface area contributed by atoms with Gasteiger partial charge in [-0.2, -0.15) is 4.68 Å². The van der Waals surface area contributed by atoms with E-state index in [1.54, 1.807) is 4.68 Å². The average Bonchev–Trinajstić information content (AvgIpc) is 3.05. The minimum absolute atomic E-state index is 0.0314. The summed E-state index contributed by atoms with van der Waals surface area (Å²) in [5, 5.41) is 15.1. The van der Waals surface area contributed by atoms with Crippen LogP contribution in [-0.2, 0) is 9.53 Å². The van der Waals surface area contributed by atoms with Gasteiger partial charge in [-0.05, 0) is 67.8 Å². The number of hydrogen-bond donors (Lipinski definition) is 1. The number of amides is 1. The summed E-state index contributed by atoms with van der Waals surface area (Å²) in [5.74, 6) is -0.0314. The van der Waals surface area contributed by atoms with Crippen molar-refractivity contribution in [3.63, 3.8) is 0 Å². The zero-order valence-corrected chi connectivity index (χ0v) is 16.0. The summed E-state index contributed by atoms with van der Waals surface area (Å²) < 4.78 is 6.92. The number of hydrogen-bond acceptors (Lipinski definition) is 6. The summed E-state index contributed by atoms with van der Waals surface area (Å²) in [6.07, 6.45) is 0.803. The van der Waals surface area contributed by atoms with Crippen LogP contribution in [0.1, 0.15) is 31.4 Å². The smallest absolute Gasteiger partial charge is 0.233 e. The number of aromatic nitrogens is 4. The molecule has 8 heteroatoms. The molecular weight excluding hydrogens is 338 g/mol. The number of carbonyl (C=O) groups is 1. The van der Waals surface area contributed by atoms with E-state index in [0.29, 0.717) is 24.9 Å². The second-order valence-electron chi connectivity index (χ2n) is 5.74. The number of benzene rings is 1. The van der Waals surface area contributed by atoms with E-state index in [1.807, 2.05) is 39.0 Å². The van der Waals surface area contributed by atoms with E-state index >= 15 is 0 Å². The van der Waals surface area contributed by atoms with E-state index in [1.165, 1.54) is 22.9 Å². The number of aryl methyl sites for hydroxylation is 2. The quantitative estimate of drug-likeness (QED) is 0.544. The minimum atomic E-state index is -0.289. The fourth-order valence-corrected chi connectivity index (χ4v) is 2.99. The van der Waals surface area contributed by atoms with Crippen LogP contribution in [0.2, 0.25) is 0 Å². The van der Waals surface area contributed by atoms with Gasteiger partial charge in [0.05, 0.1) is 10.9 Å². The van der Waals surface area contributed by atoms with Gasteiger partial charge < -0.3 is 10.1 Å². The van der Waals surface area contributed by atoms with Crippen molar-refractivity contribution >= 4 is 17.7 Å². The summed E-state index contributed by atoms with van der Waals surface area (Å²) in [5.41, 5.74) is 3.27. The summed E-state index contributed by atoms with van der Waals surface area (Å²) in [6.45, 7) is 9.87. The standard InChI is InChI=1S/C17H25N5O2S/c1-5-24-10-6-9-18-16(23)14(4)25-17-19-20-21-22(17)15-8-7-12(2)13(3)11-15/h7-8,11,14H,5-6,9-10H2,1-4H3,(H,18,23). The first kappa shape index (κ1) is 19.4. The van der Waals surface area contributed by atoms with E-state index in [9.17, 15) is 4.79 Å². The van der Waals surface area contributed by atoms with Gasteiger partial charge in [-0.25, -0.2) is 0 Å². The Morgan fingerprint density at radius 2 is 2.16 bits per heavy atom. The van der Waals surface area contributed by atoms with Crippen molar-refractivity contribution in [3.05, 3.63) is 29.3 Å². The summed E-state index contributed by atoms with van der Waals surface area (Å²) in [7, 11) is 0. The van der Waals surface area contributed by atoms with Crippen LogP contribution in [0.5, 0.6) is 0 Å². The van der Waals surface area contributed by atoms with Gasteiger partial charge in [0.1, 0.15) is 0 Å². The molecule has 0 aliphatic heterocycles. The first-order valence-electron chi connectivity index (χ1n) is 8.41. The predicted octanol–water partition coefficient (Wildman–Crippen LogP) is 2.30. The Bertz CT molecular complexity index is 704. The Morgan fingerprint density at radius 1 is 1.36 bits per heavy atom. The third kappa shape index (κ3) is 5.54. The molecule has 0 fully saturated rings. The van der Waals surface area contributed by atoms with Crippen molar-refractivity contribution < 1.29 is 9.53 Å². The molecule has 1 amide bonds. The van der Waals surface area contributed by atoms with Crippen molar-refractivity contribution in [1.29, 1.82) is 0 Å². The van der Waals surface area contributed by atoms with Gasteiger partial charge in [0.2, 0.25) is 11.1 Å². The molecule has 0 saturated carbocycles. The van der Waals surface area contributed by atoms with Gasteiger partial charge in [0, 0.05) is 19.8 Å². The Kier molecular flexibility index (Phi) is 7.39. The van der Waals surface area contributed by atoms with Crippen LogP contribution in [0.15, 0.2) is 23.4 Å². The van der Waals surface area contributed by atoms with E-state index < -0.39 is 0 Å². The normalized spacial score (nSPS) is 12.2. The first-order valence-corrected chi connectivity index (χ1v) is 9.29. The molecule has 1 heterocycles. The lowest BCUT2D eigenvalue weighted by molar-refractivity contribution is -0.120. The summed E-state index contributed by atoms with van der Waals surface area (Å²) >= 11 is 1.34. The van der Waals surface area contributed by atoms with Crippen molar-refractivity contribution in [3.8, 4) is 5.69 Å². The number of ether oxygens (including phenoxy) is 1. The van der Waals surface area contributed by atoms with Gasteiger partial charge in [-0.15, -0.1) is 5.10 Å². The number of rotatable bonds is 9. The van der Waals surface area contributed by atoms with Gasteiger partial charge in [0.25, 0.3) is 0 Å². The molecule has 7 nitrogen and oxygen atoms in total. The topological polar surface area (TPSA) is 81.9 Å². The van der Waals surface area contributed by atoms with E-state index in [4.69, 9.17) is 4.74 Å². The molecule has 0 aliphatic carbocycles. The zero-order valence-electron chi connectivity index (χ0n) is 15.2. The third-order valence-corrected chi connectivity index (χ3v) is 4.83. The van der Waals surface area contributed by atoms with Gasteiger partial charge in [0.15, 0.2) is 0 Å². The molecule has 2 rings (SSSR count). The van der Waals surface area contributed by atoms with E-state index in [0.717, 1.165) is 12.1 Å². The number of nitrogens with zero attached hydrogens (tertiary/aromatic N) is 4. The average molecular weight is 363 g/mol. The Balaban J connectivity index is 1.95. The van der Waals surface area contributed by atoms with Crippen LogP contribution in [0, 0.1) is 13.8 Å². The first-order chi connectivity index (χ1) is 12.0. The molecule has 0 bridgehead atoms. The lowest BCUT2D eigenvalue weighted by Gasteiger charge is -2.12. The highest BCUT2D eigenvalue weighted by Crippen LogP contribution is 2.23. The molecule has 1 unspecified atom stereocenters. The highest BCUT2D eigenvalue weighted by Gasteiger charge is 2.19. The molecule has 0 radical (unpaired) electrons. The number of tetrazole rings is 1. The lowest BCUT2D eigenvalue weighted by Crippen LogP contribution is -2.32. The molecule has 1 N–H and O–H groups in total. The highest BCUT2D eigenvalue weighted by atomic mass is 32.2. The molecule has 25 heavy (non-hydrogen) atoms. The Hall–Kier alpha value is -1.93. The van der Waals surface area contributed by atoms with Crippen molar-refractivity contribution in [2.45, 2.75) is 44.5 Å². The highest BCUT2D eigenvalue weighted by molar-refractivity contribution is 8.00. The zero-order chi connectivity index (χ0) is 18.2. The van der Waals surface area contributed by atoms with Crippen LogP contribution < -0.4 is 5.32 Å². The predicted molar refractivity (Wildman–Crippen MR) is 98.1 cm³/mol. The molecule has 0 saturated heterocycles. The lowest BCUT2D eigenvalue weighted by atomic mass is 10.1. The minimum Gasteiger partial charge on any atom is -0.382 e. The fraction of sp³-hybridized carbons (Fsp3) is 0.529. The van der Waals surface area contributed by atoms with Crippen molar-refractivity contribution in [1.82, 2.24) is 25.5 Å². The van der Waals surface area contributed by atoms with Crippen molar-refractivity contribution in [2.75, 3.05) is 19.8 Å². The maximum Gasteiger partial charge on any atom is 0.233 e. The summed E-state index contributed by atoms with van der Waals surface area (Å²) in [6, 6.07) is 6.05. The molecule has 1 aromatic heterocycles. The van der Waals surface area contributed by atoms with Crippen LogP contribution in [-0.4, -0.2) is 51.1 Å². The molecule has 2 aromatic rings. The third-order valence-electron chi connectivity index (χ3n) is 3.80. The molecule has 0 spiro atoms. The van der Waals surface area contributed by atoms with Gasteiger partial charge in [-0.1, -0.05) is 17.8 Å². The van der Waals surface area contributed by atoms with Gasteiger partial charge in [-0.3, -0.25) is 4.79 Å². The molecule has 1 atom stereocenters. The summed E-state index contributed by atoms with van der Waals surface area (Å²) in [4.78, 5) is 12.2. The van der Waals surface area contributed by atoms with Crippen LogP contribution in [0.3, 0.4) is 0 Å². The number of thioether (sulfide) groups is 1. The largest absolute Gasteiger partial charge is 0.382 e. The second kappa shape index (κ2) is 9.53. The van der Waals surface area contributed by atoms with E-state index in [2.05, 4.69) is 27.8 Å². The van der Waals surface area contributed by atoms with Crippen molar-refractivity contribution in [2.24, 2.45) is 0 Å². The molecular formula is C17H25N5O2S. The monoisotopic (exact) mass is 363 g/mol. The maximum atomic E-state index is 12.2. The molecule has 136 valence electrons. The number of carbonyl (C=O) groups excluding carboxylic acids is 1. The molecule has 1 aromatic carbocycles. The fourth-order valence-electron chi connectivity index (χ4n) is 2.16. The Labute approximate surface area is 152 Å². The van der Waals surface area contributed by atoms with Crippen LogP contribution in [0.4, 0.5) is 0 Å². The van der Waals surface area contributed by atoms with E-state index in [-0.39, 0.29) is 11.2 Å². The molecule has 0 aliphatic rings.